The fourth-order valence-corrected chi connectivity index (χ4v) is 4.45. The first-order valence-electron chi connectivity index (χ1n) is 9.35. The van der Waals surface area contributed by atoms with Crippen LogP contribution in [0.2, 0.25) is 5.02 Å². The van der Waals surface area contributed by atoms with Crippen molar-refractivity contribution in [3.05, 3.63) is 58.1 Å². The fourth-order valence-electron chi connectivity index (χ4n) is 4.34. The molecule has 3 aliphatic rings. The molecular weight excluding hydrogens is 397 g/mol. The molecule has 1 aromatic heterocycles. The summed E-state index contributed by atoms with van der Waals surface area (Å²) in [7, 11) is 0. The Morgan fingerprint density at radius 3 is 2.48 bits per heavy atom. The number of carbonyl (C=O) groups is 2. The van der Waals surface area contributed by atoms with E-state index in [9.17, 15) is 14.0 Å². The molecule has 1 heterocycles. The molecule has 2 amide bonds. The van der Waals surface area contributed by atoms with Crippen LogP contribution in [0.15, 0.2) is 30.3 Å². The molecule has 0 spiro atoms. The summed E-state index contributed by atoms with van der Waals surface area (Å²) >= 11 is 5.62. The number of nitrogens with one attached hydrogen (secondary N) is 2. The van der Waals surface area contributed by atoms with Crippen molar-refractivity contribution in [2.45, 2.75) is 44.2 Å². The third-order valence-electron chi connectivity index (χ3n) is 5.54. The van der Waals surface area contributed by atoms with Gasteiger partial charge in [-0.15, -0.1) is 0 Å². The number of ether oxygens (including phenoxy) is 1. The smallest absolute Gasteiger partial charge is 0.258 e. The highest BCUT2D eigenvalue weighted by Gasteiger charge is 2.69. The molecule has 0 aliphatic heterocycles. The Morgan fingerprint density at radius 2 is 1.83 bits per heavy atom. The zero-order valence-corrected chi connectivity index (χ0v) is 16.9. The summed E-state index contributed by atoms with van der Waals surface area (Å²) in [6.45, 7) is 3.49. The van der Waals surface area contributed by atoms with E-state index in [1.165, 1.54) is 12.1 Å². The highest BCUT2D eigenvalue weighted by molar-refractivity contribution is 6.30. The van der Waals surface area contributed by atoms with Crippen molar-refractivity contribution in [1.29, 1.82) is 0 Å². The second-order valence-electron chi connectivity index (χ2n) is 8.04. The number of hydrogen-bond acceptors (Lipinski definition) is 4. The molecule has 0 atom stereocenters. The number of carbonyl (C=O) groups excluding carboxylic acids is 2. The Kier molecular flexibility index (Phi) is 4.73. The van der Waals surface area contributed by atoms with Crippen LogP contribution in [0.5, 0.6) is 5.75 Å². The van der Waals surface area contributed by atoms with Crippen LogP contribution < -0.4 is 15.4 Å². The van der Waals surface area contributed by atoms with Gasteiger partial charge in [-0.25, -0.2) is 4.39 Å². The molecule has 0 radical (unpaired) electrons. The van der Waals surface area contributed by atoms with E-state index >= 15 is 0 Å². The van der Waals surface area contributed by atoms with Crippen LogP contribution >= 0.6 is 11.6 Å². The molecule has 2 aromatic rings. The summed E-state index contributed by atoms with van der Waals surface area (Å²) < 4.78 is 18.7. The maximum atomic E-state index is 13.4. The normalized spacial score (nSPS) is 24.1. The van der Waals surface area contributed by atoms with Gasteiger partial charge in [0.25, 0.3) is 11.8 Å². The maximum absolute atomic E-state index is 13.4. The van der Waals surface area contributed by atoms with Crippen molar-refractivity contribution in [2.75, 3.05) is 6.61 Å². The third-order valence-corrected chi connectivity index (χ3v) is 5.85. The molecule has 29 heavy (non-hydrogen) atoms. The van der Waals surface area contributed by atoms with E-state index in [0.717, 1.165) is 11.8 Å². The number of pyridine rings is 1. The molecular formula is C21H21ClFN3O3. The first kappa shape index (κ1) is 19.6. The number of rotatable bonds is 6. The van der Waals surface area contributed by atoms with Gasteiger partial charge in [-0.3, -0.25) is 14.6 Å². The van der Waals surface area contributed by atoms with Crippen LogP contribution in [0.4, 0.5) is 4.39 Å². The van der Waals surface area contributed by atoms with E-state index in [0.29, 0.717) is 30.5 Å². The van der Waals surface area contributed by atoms with Crippen molar-refractivity contribution < 1.29 is 18.7 Å². The first-order valence-corrected chi connectivity index (χ1v) is 9.73. The highest BCUT2D eigenvalue weighted by atomic mass is 35.5. The molecule has 152 valence electrons. The minimum Gasteiger partial charge on any atom is -0.484 e. The predicted molar refractivity (Wildman–Crippen MR) is 106 cm³/mol. The van der Waals surface area contributed by atoms with Gasteiger partial charge in [0.2, 0.25) is 0 Å². The lowest BCUT2D eigenvalue weighted by atomic mass is 9.44. The lowest BCUT2D eigenvalue weighted by Gasteiger charge is -2.70. The zero-order chi connectivity index (χ0) is 20.8. The quantitative estimate of drug-likeness (QED) is 0.756. The van der Waals surface area contributed by atoms with E-state index in [1.807, 2.05) is 19.9 Å². The number of aryl methyl sites for hydroxylation is 2. The molecule has 6 nitrogen and oxygen atoms in total. The topological polar surface area (TPSA) is 80.3 Å². The molecule has 8 heteroatoms. The van der Waals surface area contributed by atoms with Crippen molar-refractivity contribution in [2.24, 2.45) is 0 Å². The van der Waals surface area contributed by atoms with Crippen molar-refractivity contribution in [3.8, 4) is 5.75 Å². The van der Waals surface area contributed by atoms with Gasteiger partial charge in [0, 0.05) is 22.8 Å². The van der Waals surface area contributed by atoms with E-state index in [-0.39, 0.29) is 40.3 Å². The largest absolute Gasteiger partial charge is 0.484 e. The van der Waals surface area contributed by atoms with Crippen LogP contribution in [-0.2, 0) is 4.79 Å². The number of nitrogens with zero attached hydrogens (tertiary/aromatic N) is 1. The molecule has 2 N–H and O–H groups in total. The van der Waals surface area contributed by atoms with Gasteiger partial charge >= 0.3 is 0 Å². The molecule has 5 rings (SSSR count). The standard InChI is InChI=1S/C21H21ClFN3O3/c1-12-3-5-15(13(2)24-12)19(28)26-21-9-20(10-21,11-21)25-18(27)8-29-14-4-6-16(22)17(23)7-14/h3-7H,8-11H2,1-2H3,(H,25,27)(H,26,28). The van der Waals surface area contributed by atoms with Gasteiger partial charge in [0.15, 0.2) is 6.61 Å². The van der Waals surface area contributed by atoms with Crippen LogP contribution in [0.1, 0.15) is 41.0 Å². The molecule has 3 fully saturated rings. The summed E-state index contributed by atoms with van der Waals surface area (Å²) in [5, 5.41) is 6.05. The molecule has 3 saturated carbocycles. The zero-order valence-electron chi connectivity index (χ0n) is 16.1. The minimum atomic E-state index is -0.597. The summed E-state index contributed by atoms with van der Waals surface area (Å²) in [5.41, 5.74) is 1.59. The highest BCUT2D eigenvalue weighted by Crippen LogP contribution is 2.60. The lowest BCUT2D eigenvalue weighted by Crippen LogP contribution is -2.84. The van der Waals surface area contributed by atoms with Crippen molar-refractivity contribution >= 4 is 23.4 Å². The maximum Gasteiger partial charge on any atom is 0.258 e. The van der Waals surface area contributed by atoms with E-state index in [4.69, 9.17) is 16.3 Å². The predicted octanol–water partition coefficient (Wildman–Crippen LogP) is 3.09. The molecule has 2 bridgehead atoms. The monoisotopic (exact) mass is 417 g/mol. The second-order valence-corrected chi connectivity index (χ2v) is 8.45. The average Bonchev–Trinajstić information content (AvgIpc) is 2.59. The minimum absolute atomic E-state index is 0.000347. The summed E-state index contributed by atoms with van der Waals surface area (Å²) in [6.07, 6.45) is 2.06. The Morgan fingerprint density at radius 1 is 1.14 bits per heavy atom. The molecule has 1 aromatic carbocycles. The van der Waals surface area contributed by atoms with Gasteiger partial charge in [-0.05, 0) is 57.4 Å². The molecule has 0 saturated heterocycles. The molecule has 3 aliphatic carbocycles. The Balaban J connectivity index is 1.26. The van der Waals surface area contributed by atoms with Gasteiger partial charge < -0.3 is 15.4 Å². The number of benzene rings is 1. The third kappa shape index (κ3) is 3.79. The van der Waals surface area contributed by atoms with Crippen LogP contribution in [-0.4, -0.2) is 34.5 Å². The van der Waals surface area contributed by atoms with Gasteiger partial charge in [-0.1, -0.05) is 11.6 Å². The van der Waals surface area contributed by atoms with Crippen LogP contribution in [0.3, 0.4) is 0 Å². The number of hydrogen-bond donors (Lipinski definition) is 2. The van der Waals surface area contributed by atoms with E-state index in [1.54, 1.807) is 6.07 Å². The van der Waals surface area contributed by atoms with E-state index < -0.39 is 5.82 Å². The average molecular weight is 418 g/mol. The summed E-state index contributed by atoms with van der Waals surface area (Å²) in [5.74, 6) is -0.771. The van der Waals surface area contributed by atoms with Crippen LogP contribution in [0.25, 0.3) is 0 Å². The van der Waals surface area contributed by atoms with Gasteiger partial charge in [0.1, 0.15) is 11.6 Å². The summed E-state index contributed by atoms with van der Waals surface area (Å²) in [4.78, 5) is 29.1. The number of halogens is 2. The van der Waals surface area contributed by atoms with Crippen molar-refractivity contribution in [1.82, 2.24) is 15.6 Å². The van der Waals surface area contributed by atoms with Crippen molar-refractivity contribution in [3.63, 3.8) is 0 Å². The summed E-state index contributed by atoms with van der Waals surface area (Å²) in [6, 6.07) is 7.63. The van der Waals surface area contributed by atoms with Gasteiger partial charge in [0.05, 0.1) is 16.3 Å². The molecule has 0 unspecified atom stereocenters. The van der Waals surface area contributed by atoms with Gasteiger partial charge in [-0.2, -0.15) is 0 Å². The number of aromatic nitrogens is 1. The van der Waals surface area contributed by atoms with E-state index in [2.05, 4.69) is 15.6 Å². The Labute approximate surface area is 172 Å². The van der Waals surface area contributed by atoms with Crippen LogP contribution in [0, 0.1) is 19.7 Å². The lowest BCUT2D eigenvalue weighted by molar-refractivity contribution is -0.141. The Bertz CT molecular complexity index is 991. The second kappa shape index (κ2) is 6.99. The Hall–Kier alpha value is -2.67. The number of amides is 2. The first-order chi connectivity index (χ1) is 13.7. The fraction of sp³-hybridized carbons (Fsp3) is 0.381. The SMILES string of the molecule is Cc1ccc(C(=O)NC23CC(NC(=O)COc4ccc(Cl)c(F)c4)(C2)C3)c(C)n1.